The Labute approximate surface area is 94.8 Å². The van der Waals surface area contributed by atoms with Crippen LogP contribution in [0.15, 0.2) is 18.3 Å². The van der Waals surface area contributed by atoms with Crippen molar-refractivity contribution in [2.75, 3.05) is 0 Å². The van der Waals surface area contributed by atoms with Crippen LogP contribution < -0.4 is 0 Å². The first-order chi connectivity index (χ1) is 8.04. The van der Waals surface area contributed by atoms with Gasteiger partial charge >= 0.3 is 5.69 Å². The first-order valence-electron chi connectivity index (χ1n) is 4.81. The monoisotopic (exact) mass is 237 g/mol. The molecule has 0 spiro atoms. The lowest BCUT2D eigenvalue weighted by Gasteiger charge is -2.05. The first kappa shape index (κ1) is 11.2. The summed E-state index contributed by atoms with van der Waals surface area (Å²) in [5, 5.41) is 14.9. The second kappa shape index (κ2) is 3.93. The molecule has 0 bridgehead atoms. The van der Waals surface area contributed by atoms with E-state index in [1.54, 1.807) is 6.92 Å². The molecule has 2 rings (SSSR count). The third kappa shape index (κ3) is 1.75. The Morgan fingerprint density at radius 1 is 1.59 bits per heavy atom. The fourth-order valence-corrected chi connectivity index (χ4v) is 1.58. The van der Waals surface area contributed by atoms with Gasteiger partial charge in [-0.05, 0) is 6.92 Å². The lowest BCUT2D eigenvalue weighted by Crippen LogP contribution is -2.07. The molecule has 0 N–H and O–H groups in total. The predicted octanol–water partition coefficient (Wildman–Crippen LogP) is 1.84. The van der Waals surface area contributed by atoms with E-state index in [-0.39, 0.29) is 0 Å². The number of nitro benzene ring substituents is 1. The van der Waals surface area contributed by atoms with Gasteiger partial charge in [0.2, 0.25) is 5.82 Å². The van der Waals surface area contributed by atoms with Crippen molar-refractivity contribution in [2.45, 2.75) is 13.0 Å². The molecular weight excluding hydrogens is 229 g/mol. The zero-order valence-corrected chi connectivity index (χ0v) is 8.83. The Morgan fingerprint density at radius 3 is 2.88 bits per heavy atom. The maximum Gasteiger partial charge on any atom is 0.305 e. The number of hydrogen-bond acceptors (Lipinski definition) is 4. The molecule has 1 aromatic heterocycles. The average Bonchev–Trinajstić information content (AvgIpc) is 2.69. The minimum atomic E-state index is -0.942. The van der Waals surface area contributed by atoms with E-state index >= 15 is 0 Å². The summed E-state index contributed by atoms with van der Waals surface area (Å²) in [6.07, 6.45) is 2.02. The summed E-state index contributed by atoms with van der Waals surface area (Å²) in [5.74, 6) is -0.942. The van der Waals surface area contributed by atoms with E-state index in [0.717, 1.165) is 12.1 Å². The summed E-state index contributed by atoms with van der Waals surface area (Å²) in [6, 6.07) is 1.57. The Kier molecular flexibility index (Phi) is 2.58. The molecule has 0 aliphatic rings. The van der Waals surface area contributed by atoms with Gasteiger partial charge in [-0.3, -0.25) is 14.8 Å². The van der Waals surface area contributed by atoms with Crippen molar-refractivity contribution < 1.29 is 14.1 Å². The van der Waals surface area contributed by atoms with Gasteiger partial charge in [-0.1, -0.05) is 0 Å². The molecule has 1 aromatic carbocycles. The number of fused-ring (bicyclic) bond motifs is 1. The highest BCUT2D eigenvalue weighted by atomic mass is 19.1. The van der Waals surface area contributed by atoms with Crippen LogP contribution in [0.3, 0.4) is 0 Å². The molecule has 88 valence electrons. The van der Waals surface area contributed by atoms with Crippen LogP contribution >= 0.6 is 0 Å². The largest absolute Gasteiger partial charge is 0.305 e. The maximum atomic E-state index is 13.4. The molecule has 0 fully saturated rings. The topological polar surface area (TPSA) is 78.0 Å². The molecule has 1 atom stereocenters. The molecule has 0 saturated carbocycles. The SMILES string of the molecule is CC(C=O)n1ncc2cc([N+](=O)[O-])c(F)cc21. The first-order valence-corrected chi connectivity index (χ1v) is 4.81. The van der Waals surface area contributed by atoms with E-state index in [2.05, 4.69) is 5.10 Å². The standard InChI is InChI=1S/C10H8FN3O3/c1-6(5-15)13-9-3-8(11)10(14(16)17)2-7(9)4-12-13/h2-6H,1H3. The highest BCUT2D eigenvalue weighted by Crippen LogP contribution is 2.25. The van der Waals surface area contributed by atoms with Crippen molar-refractivity contribution >= 4 is 22.9 Å². The summed E-state index contributed by atoms with van der Waals surface area (Å²) in [5.41, 5.74) is -0.247. The average molecular weight is 237 g/mol. The highest BCUT2D eigenvalue weighted by Gasteiger charge is 2.18. The molecule has 0 aliphatic heterocycles. The van der Waals surface area contributed by atoms with Crippen molar-refractivity contribution in [1.29, 1.82) is 0 Å². The van der Waals surface area contributed by atoms with Gasteiger partial charge in [-0.25, -0.2) is 0 Å². The zero-order chi connectivity index (χ0) is 12.6. The Balaban J connectivity index is 2.68. The van der Waals surface area contributed by atoms with Crippen LogP contribution in [0.25, 0.3) is 10.9 Å². The van der Waals surface area contributed by atoms with Crippen LogP contribution in [-0.4, -0.2) is 21.0 Å². The van der Waals surface area contributed by atoms with Crippen LogP contribution in [0.2, 0.25) is 0 Å². The summed E-state index contributed by atoms with van der Waals surface area (Å²) < 4.78 is 14.7. The minimum absolute atomic E-state index is 0.354. The third-order valence-corrected chi connectivity index (χ3v) is 2.44. The summed E-state index contributed by atoms with van der Waals surface area (Å²) in [6.45, 7) is 1.60. The number of aldehydes is 1. The molecular formula is C10H8FN3O3. The lowest BCUT2D eigenvalue weighted by molar-refractivity contribution is -0.387. The van der Waals surface area contributed by atoms with Crippen LogP contribution in [0, 0.1) is 15.9 Å². The normalized spacial score (nSPS) is 12.6. The molecule has 1 heterocycles. The van der Waals surface area contributed by atoms with Crippen molar-refractivity contribution in [2.24, 2.45) is 0 Å². The number of halogens is 1. The molecule has 0 saturated heterocycles. The highest BCUT2D eigenvalue weighted by molar-refractivity contribution is 5.82. The van der Waals surface area contributed by atoms with Crippen molar-refractivity contribution in [3.63, 3.8) is 0 Å². The van der Waals surface area contributed by atoms with Gasteiger partial charge in [0.25, 0.3) is 0 Å². The van der Waals surface area contributed by atoms with E-state index in [1.807, 2.05) is 0 Å². The third-order valence-electron chi connectivity index (χ3n) is 2.44. The molecule has 1 unspecified atom stereocenters. The summed E-state index contributed by atoms with van der Waals surface area (Å²) >= 11 is 0. The molecule has 0 aliphatic carbocycles. The van der Waals surface area contributed by atoms with Gasteiger partial charge in [0.05, 0.1) is 16.6 Å². The predicted molar refractivity (Wildman–Crippen MR) is 57.1 cm³/mol. The van der Waals surface area contributed by atoms with Crippen molar-refractivity contribution in [3.8, 4) is 0 Å². The lowest BCUT2D eigenvalue weighted by atomic mass is 10.2. The number of carbonyl (C=O) groups excluding carboxylic acids is 1. The number of nitrogens with zero attached hydrogens (tertiary/aromatic N) is 3. The Morgan fingerprint density at radius 2 is 2.29 bits per heavy atom. The van der Waals surface area contributed by atoms with E-state index in [0.29, 0.717) is 17.2 Å². The number of benzene rings is 1. The number of rotatable bonds is 3. The summed E-state index contributed by atoms with van der Waals surface area (Å²) in [4.78, 5) is 20.4. The number of hydrogen-bond donors (Lipinski definition) is 0. The smallest absolute Gasteiger partial charge is 0.301 e. The van der Waals surface area contributed by atoms with Gasteiger partial charge in [0.1, 0.15) is 12.3 Å². The number of aromatic nitrogens is 2. The van der Waals surface area contributed by atoms with Crippen LogP contribution in [0.1, 0.15) is 13.0 Å². The van der Waals surface area contributed by atoms with Gasteiger partial charge in [0, 0.05) is 17.5 Å². The van der Waals surface area contributed by atoms with Crippen LogP contribution in [-0.2, 0) is 4.79 Å². The summed E-state index contributed by atoms with van der Waals surface area (Å²) in [7, 11) is 0. The second-order valence-electron chi connectivity index (χ2n) is 3.59. The van der Waals surface area contributed by atoms with Gasteiger partial charge in [-0.2, -0.15) is 9.49 Å². The van der Waals surface area contributed by atoms with E-state index < -0.39 is 22.5 Å². The van der Waals surface area contributed by atoms with Crippen LogP contribution in [0.4, 0.5) is 10.1 Å². The van der Waals surface area contributed by atoms with E-state index in [1.165, 1.54) is 10.9 Å². The maximum absolute atomic E-state index is 13.4. The molecule has 6 nitrogen and oxygen atoms in total. The van der Waals surface area contributed by atoms with Crippen LogP contribution in [0.5, 0.6) is 0 Å². The van der Waals surface area contributed by atoms with Gasteiger partial charge in [-0.15, -0.1) is 0 Å². The quantitative estimate of drug-likeness (QED) is 0.463. The second-order valence-corrected chi connectivity index (χ2v) is 3.59. The van der Waals surface area contributed by atoms with Crippen molar-refractivity contribution in [3.05, 3.63) is 34.3 Å². The van der Waals surface area contributed by atoms with E-state index in [9.17, 15) is 19.3 Å². The minimum Gasteiger partial charge on any atom is -0.301 e. The molecule has 7 heteroatoms. The van der Waals surface area contributed by atoms with Gasteiger partial charge in [0.15, 0.2) is 0 Å². The van der Waals surface area contributed by atoms with E-state index in [4.69, 9.17) is 0 Å². The molecule has 2 aromatic rings. The molecule has 0 amide bonds. The fraction of sp³-hybridized carbons (Fsp3) is 0.200. The molecule has 0 radical (unpaired) electrons. The zero-order valence-electron chi connectivity index (χ0n) is 8.83. The van der Waals surface area contributed by atoms with Gasteiger partial charge < -0.3 is 4.79 Å². The Hall–Kier alpha value is -2.31. The number of nitro groups is 1. The molecule has 17 heavy (non-hydrogen) atoms. The fourth-order valence-electron chi connectivity index (χ4n) is 1.58. The van der Waals surface area contributed by atoms with Crippen molar-refractivity contribution in [1.82, 2.24) is 9.78 Å². The number of carbonyl (C=O) groups is 1. The Bertz CT molecular complexity index is 608.